The second-order valence-electron chi connectivity index (χ2n) is 1.59. The maximum atomic E-state index is 9.81. The van der Waals surface area contributed by atoms with Crippen LogP contribution in [-0.4, -0.2) is 24.7 Å². The van der Waals surface area contributed by atoms with E-state index in [1.165, 1.54) is 14.0 Å². The smallest absolute Gasteiger partial charge is 0.233 e. The number of methoxy groups -OCH3 is 1. The van der Waals surface area contributed by atoms with E-state index in [9.17, 15) is 10.1 Å². The van der Waals surface area contributed by atoms with Gasteiger partial charge in [-0.25, -0.2) is 0 Å². The van der Waals surface area contributed by atoms with Crippen LogP contribution in [-0.2, 0) is 4.74 Å². The molecule has 0 aromatic carbocycles. The van der Waals surface area contributed by atoms with Crippen molar-refractivity contribution >= 4 is 0 Å². The second-order valence-corrected chi connectivity index (χ2v) is 1.59. The highest BCUT2D eigenvalue weighted by molar-refractivity contribution is 4.41. The predicted molar refractivity (Wildman–Crippen MR) is 28.3 cm³/mol. The summed E-state index contributed by atoms with van der Waals surface area (Å²) in [4.78, 5) is 9.44. The average molecular weight is 119 g/mol. The van der Waals surface area contributed by atoms with Crippen molar-refractivity contribution in [2.45, 2.75) is 13.0 Å². The Kier molecular flexibility index (Phi) is 3.10. The molecule has 0 aliphatic heterocycles. The molecule has 1 atom stereocenters. The van der Waals surface area contributed by atoms with Gasteiger partial charge < -0.3 is 4.74 Å². The molecule has 4 heteroatoms. The summed E-state index contributed by atoms with van der Waals surface area (Å²) < 4.78 is 4.52. The third kappa shape index (κ3) is 2.52. The number of hydrogen-bond acceptors (Lipinski definition) is 3. The van der Waals surface area contributed by atoms with E-state index in [1.807, 2.05) is 0 Å². The van der Waals surface area contributed by atoms with Crippen LogP contribution in [0.15, 0.2) is 0 Å². The normalized spacial score (nSPS) is 13.2. The van der Waals surface area contributed by atoms with Crippen molar-refractivity contribution in [3.63, 3.8) is 0 Å². The topological polar surface area (TPSA) is 52.4 Å². The van der Waals surface area contributed by atoms with Gasteiger partial charge in [0.1, 0.15) is 6.61 Å². The van der Waals surface area contributed by atoms with Gasteiger partial charge in [-0.3, -0.25) is 10.1 Å². The van der Waals surface area contributed by atoms with E-state index < -0.39 is 6.04 Å². The van der Waals surface area contributed by atoms with Crippen LogP contribution in [0.4, 0.5) is 0 Å². The third-order valence-corrected chi connectivity index (χ3v) is 0.768. The summed E-state index contributed by atoms with van der Waals surface area (Å²) in [6.45, 7) is 1.69. The molecule has 0 N–H and O–H groups in total. The third-order valence-electron chi connectivity index (χ3n) is 0.768. The zero-order valence-electron chi connectivity index (χ0n) is 4.96. The van der Waals surface area contributed by atoms with Crippen LogP contribution in [0.1, 0.15) is 6.92 Å². The first kappa shape index (κ1) is 7.36. The van der Waals surface area contributed by atoms with Crippen LogP contribution >= 0.6 is 0 Å². The molecule has 0 heterocycles. The Bertz CT molecular complexity index is 83.4. The molecule has 0 aliphatic carbocycles. The molecule has 0 radical (unpaired) electrons. The Balaban J connectivity index is 3.32. The second kappa shape index (κ2) is 3.37. The molecule has 48 valence electrons. The van der Waals surface area contributed by atoms with Crippen molar-refractivity contribution in [2.24, 2.45) is 0 Å². The van der Waals surface area contributed by atoms with Crippen molar-refractivity contribution in [1.82, 2.24) is 0 Å². The quantitative estimate of drug-likeness (QED) is 0.396. The summed E-state index contributed by atoms with van der Waals surface area (Å²) in [5.74, 6) is 0. The van der Waals surface area contributed by atoms with Crippen LogP contribution in [0, 0.1) is 10.1 Å². The van der Waals surface area contributed by atoms with E-state index >= 15 is 0 Å². The van der Waals surface area contributed by atoms with Gasteiger partial charge in [0.2, 0.25) is 6.04 Å². The molecule has 0 fully saturated rings. The zero-order valence-corrected chi connectivity index (χ0v) is 4.96. The van der Waals surface area contributed by atoms with E-state index in [0.29, 0.717) is 0 Å². The van der Waals surface area contributed by atoms with Crippen molar-refractivity contribution in [3.05, 3.63) is 10.1 Å². The van der Waals surface area contributed by atoms with Gasteiger partial charge in [-0.15, -0.1) is 0 Å². The van der Waals surface area contributed by atoms with Gasteiger partial charge in [0.15, 0.2) is 0 Å². The lowest BCUT2D eigenvalue weighted by Gasteiger charge is -1.98. The Labute approximate surface area is 47.6 Å². The fourth-order valence-corrected chi connectivity index (χ4v) is 0.302. The maximum absolute atomic E-state index is 9.81. The Hall–Kier alpha value is -0.640. The highest BCUT2D eigenvalue weighted by atomic mass is 16.6. The molecule has 0 saturated heterocycles. The summed E-state index contributed by atoms with van der Waals surface area (Å²) in [6, 6.07) is -0.583. The number of hydrogen-bond donors (Lipinski definition) is 0. The first-order valence-electron chi connectivity index (χ1n) is 2.31. The molecule has 0 rings (SSSR count). The van der Waals surface area contributed by atoms with Gasteiger partial charge in [0.25, 0.3) is 0 Å². The van der Waals surface area contributed by atoms with Gasteiger partial charge in [0, 0.05) is 19.0 Å². The molecule has 0 bridgehead atoms. The molecule has 0 aromatic heterocycles. The molecule has 0 aromatic rings. The minimum absolute atomic E-state index is 0.188. The first-order valence-corrected chi connectivity index (χ1v) is 2.31. The molecule has 0 aliphatic rings. The average Bonchev–Trinajstić information content (AvgIpc) is 1.67. The lowest BCUT2D eigenvalue weighted by molar-refractivity contribution is -0.521. The summed E-state index contributed by atoms with van der Waals surface area (Å²) >= 11 is 0. The highest BCUT2D eigenvalue weighted by Crippen LogP contribution is 1.85. The number of ether oxygens (including phenoxy) is 1. The van der Waals surface area contributed by atoms with Crippen LogP contribution in [0.3, 0.4) is 0 Å². The first-order chi connectivity index (χ1) is 3.68. The summed E-state index contributed by atoms with van der Waals surface area (Å²) in [5, 5.41) is 9.81. The Morgan fingerprint density at radius 1 is 1.88 bits per heavy atom. The molecule has 0 amide bonds. The standard InChI is InChI=1S/C4H9NO3/c1-4(3-8-2)5(6)7/h4H,3H2,1-2H3. The molecular weight excluding hydrogens is 110 g/mol. The van der Waals surface area contributed by atoms with E-state index in [-0.39, 0.29) is 11.5 Å². The lowest BCUT2D eigenvalue weighted by atomic mass is 10.4. The maximum Gasteiger partial charge on any atom is 0.233 e. The lowest BCUT2D eigenvalue weighted by Crippen LogP contribution is -2.20. The van der Waals surface area contributed by atoms with E-state index in [0.717, 1.165) is 0 Å². The summed E-state index contributed by atoms with van der Waals surface area (Å²) in [7, 11) is 1.44. The SMILES string of the molecule is COCC(C)[N+](=O)[O-]. The molecule has 1 unspecified atom stereocenters. The minimum Gasteiger partial charge on any atom is -0.378 e. The van der Waals surface area contributed by atoms with Crippen molar-refractivity contribution in [2.75, 3.05) is 13.7 Å². The number of nitrogens with zero attached hydrogens (tertiary/aromatic N) is 1. The van der Waals surface area contributed by atoms with E-state index in [2.05, 4.69) is 4.74 Å². The van der Waals surface area contributed by atoms with E-state index in [4.69, 9.17) is 0 Å². The fraction of sp³-hybridized carbons (Fsp3) is 1.00. The molecular formula is C4H9NO3. The monoisotopic (exact) mass is 119 g/mol. The molecule has 0 saturated carbocycles. The van der Waals surface area contributed by atoms with Gasteiger partial charge >= 0.3 is 0 Å². The van der Waals surface area contributed by atoms with Crippen LogP contribution < -0.4 is 0 Å². The largest absolute Gasteiger partial charge is 0.378 e. The van der Waals surface area contributed by atoms with E-state index in [1.54, 1.807) is 0 Å². The molecule has 4 nitrogen and oxygen atoms in total. The molecule has 0 spiro atoms. The van der Waals surface area contributed by atoms with Crippen LogP contribution in [0.2, 0.25) is 0 Å². The van der Waals surface area contributed by atoms with Gasteiger partial charge in [-0.2, -0.15) is 0 Å². The highest BCUT2D eigenvalue weighted by Gasteiger charge is 2.09. The number of nitro groups is 1. The van der Waals surface area contributed by atoms with Gasteiger partial charge in [0.05, 0.1) is 0 Å². The van der Waals surface area contributed by atoms with Crippen molar-refractivity contribution in [3.8, 4) is 0 Å². The summed E-state index contributed by atoms with van der Waals surface area (Å²) in [6.07, 6.45) is 0. The van der Waals surface area contributed by atoms with Crippen LogP contribution in [0.25, 0.3) is 0 Å². The van der Waals surface area contributed by atoms with Crippen molar-refractivity contribution < 1.29 is 9.66 Å². The van der Waals surface area contributed by atoms with Crippen LogP contribution in [0.5, 0.6) is 0 Å². The van der Waals surface area contributed by atoms with Gasteiger partial charge in [-0.05, 0) is 0 Å². The Morgan fingerprint density at radius 2 is 2.38 bits per heavy atom. The summed E-state index contributed by atoms with van der Waals surface area (Å²) in [5.41, 5.74) is 0. The van der Waals surface area contributed by atoms with Crippen molar-refractivity contribution in [1.29, 1.82) is 0 Å². The Morgan fingerprint density at radius 3 is 2.50 bits per heavy atom. The minimum atomic E-state index is -0.583. The number of rotatable bonds is 3. The predicted octanol–water partition coefficient (Wildman–Crippen LogP) is 0.298. The van der Waals surface area contributed by atoms with Gasteiger partial charge in [-0.1, -0.05) is 0 Å². The molecule has 8 heavy (non-hydrogen) atoms. The zero-order chi connectivity index (χ0) is 6.57. The fourth-order valence-electron chi connectivity index (χ4n) is 0.302.